The number of likely N-dealkylation sites (tertiary alicyclic amines) is 1. The standard InChI is InChI=1S/C21H24N4O/c1-13-19(15-5-2-3-7-17(15)22-13)14-9-11-25(12-10-14)21(26)20-16-6-4-8-18(16)23-24-20/h2-3,5,7,14,22H,4,6,8-12H2,1H3,(H,23,24). The Balaban J connectivity index is 1.34. The lowest BCUT2D eigenvalue weighted by Gasteiger charge is -2.32. The van der Waals surface area contributed by atoms with E-state index in [1.54, 1.807) is 0 Å². The molecule has 0 radical (unpaired) electrons. The van der Waals surface area contributed by atoms with E-state index in [4.69, 9.17) is 0 Å². The molecular formula is C21H24N4O. The second-order valence-electron chi connectivity index (χ2n) is 7.66. The summed E-state index contributed by atoms with van der Waals surface area (Å²) in [7, 11) is 0. The zero-order valence-electron chi connectivity index (χ0n) is 15.1. The first kappa shape index (κ1) is 15.7. The lowest BCUT2D eigenvalue weighted by atomic mass is 9.87. The van der Waals surface area contributed by atoms with Crippen molar-refractivity contribution in [3.05, 3.63) is 52.5 Å². The van der Waals surface area contributed by atoms with Crippen LogP contribution in [0.5, 0.6) is 0 Å². The van der Waals surface area contributed by atoms with Crippen molar-refractivity contribution in [1.29, 1.82) is 0 Å². The highest BCUT2D eigenvalue weighted by atomic mass is 16.2. The Labute approximate surface area is 152 Å². The van der Waals surface area contributed by atoms with Crippen LogP contribution in [0.4, 0.5) is 0 Å². The van der Waals surface area contributed by atoms with Gasteiger partial charge in [-0.25, -0.2) is 0 Å². The summed E-state index contributed by atoms with van der Waals surface area (Å²) in [5, 5.41) is 8.71. The lowest BCUT2D eigenvalue weighted by molar-refractivity contribution is 0.0706. The molecule has 2 N–H and O–H groups in total. The van der Waals surface area contributed by atoms with Crippen molar-refractivity contribution in [2.75, 3.05) is 13.1 Å². The quantitative estimate of drug-likeness (QED) is 0.741. The SMILES string of the molecule is Cc1[nH]c2ccccc2c1C1CCN(C(=O)c2n[nH]c3c2CCC3)CC1. The summed E-state index contributed by atoms with van der Waals surface area (Å²) in [6.45, 7) is 3.79. The highest BCUT2D eigenvalue weighted by Crippen LogP contribution is 2.36. The average Bonchev–Trinajstić information content (AvgIpc) is 3.34. The maximum absolute atomic E-state index is 12.9. The van der Waals surface area contributed by atoms with Gasteiger partial charge in [-0.1, -0.05) is 18.2 Å². The van der Waals surface area contributed by atoms with Gasteiger partial charge in [-0.3, -0.25) is 9.89 Å². The Morgan fingerprint density at radius 2 is 2.00 bits per heavy atom. The second kappa shape index (κ2) is 6.01. The Morgan fingerprint density at radius 1 is 1.19 bits per heavy atom. The van der Waals surface area contributed by atoms with Gasteiger partial charge >= 0.3 is 0 Å². The molecule has 1 saturated heterocycles. The summed E-state index contributed by atoms with van der Waals surface area (Å²) in [6, 6.07) is 8.53. The van der Waals surface area contributed by atoms with Crippen molar-refractivity contribution in [2.45, 2.75) is 44.9 Å². The summed E-state index contributed by atoms with van der Waals surface area (Å²) in [6.07, 6.45) is 5.17. The molecule has 3 heterocycles. The largest absolute Gasteiger partial charge is 0.358 e. The molecular weight excluding hydrogens is 324 g/mol. The number of hydrogen-bond acceptors (Lipinski definition) is 2. The van der Waals surface area contributed by atoms with Crippen molar-refractivity contribution in [3.63, 3.8) is 0 Å². The van der Waals surface area contributed by atoms with Gasteiger partial charge < -0.3 is 9.88 Å². The van der Waals surface area contributed by atoms with Crippen LogP contribution >= 0.6 is 0 Å². The van der Waals surface area contributed by atoms with E-state index in [0.717, 1.165) is 56.5 Å². The van der Waals surface area contributed by atoms with Gasteiger partial charge in [0.05, 0.1) is 0 Å². The molecule has 26 heavy (non-hydrogen) atoms. The van der Waals surface area contributed by atoms with Crippen molar-refractivity contribution in [1.82, 2.24) is 20.1 Å². The number of rotatable bonds is 2. The van der Waals surface area contributed by atoms with Gasteiger partial charge in [0.25, 0.3) is 5.91 Å². The number of carbonyl (C=O) groups is 1. The van der Waals surface area contributed by atoms with Crippen LogP contribution in [0.15, 0.2) is 24.3 Å². The van der Waals surface area contributed by atoms with E-state index >= 15 is 0 Å². The molecule has 0 bridgehead atoms. The number of nitrogens with zero attached hydrogens (tertiary/aromatic N) is 2. The summed E-state index contributed by atoms with van der Waals surface area (Å²) >= 11 is 0. The molecule has 5 heteroatoms. The maximum atomic E-state index is 12.9. The van der Waals surface area contributed by atoms with E-state index in [9.17, 15) is 4.79 Å². The molecule has 3 aromatic rings. The van der Waals surface area contributed by atoms with Crippen LogP contribution in [-0.2, 0) is 12.8 Å². The molecule has 0 unspecified atom stereocenters. The predicted octanol–water partition coefficient (Wildman–Crippen LogP) is 3.71. The number of carbonyl (C=O) groups excluding carboxylic acids is 1. The fourth-order valence-electron chi connectivity index (χ4n) is 4.84. The zero-order valence-corrected chi connectivity index (χ0v) is 15.1. The molecule has 2 aromatic heterocycles. The Kier molecular flexibility index (Phi) is 3.62. The second-order valence-corrected chi connectivity index (χ2v) is 7.66. The van der Waals surface area contributed by atoms with Crippen molar-refractivity contribution < 1.29 is 4.79 Å². The van der Waals surface area contributed by atoms with Gasteiger partial charge in [-0.05, 0) is 56.6 Å². The smallest absolute Gasteiger partial charge is 0.274 e. The Hall–Kier alpha value is -2.56. The lowest BCUT2D eigenvalue weighted by Crippen LogP contribution is -2.38. The first-order valence-electron chi connectivity index (χ1n) is 9.65. The highest BCUT2D eigenvalue weighted by Gasteiger charge is 2.30. The van der Waals surface area contributed by atoms with Gasteiger partial charge in [0.2, 0.25) is 0 Å². The van der Waals surface area contributed by atoms with Gasteiger partial charge in [-0.2, -0.15) is 5.10 Å². The minimum Gasteiger partial charge on any atom is -0.358 e. The normalized spacial score (nSPS) is 17.8. The van der Waals surface area contributed by atoms with E-state index in [2.05, 4.69) is 46.4 Å². The van der Waals surface area contributed by atoms with Gasteiger partial charge in [-0.15, -0.1) is 0 Å². The summed E-state index contributed by atoms with van der Waals surface area (Å²) in [5.74, 6) is 0.624. The number of aromatic amines is 2. The number of hydrogen-bond donors (Lipinski definition) is 2. The number of nitrogens with one attached hydrogen (secondary N) is 2. The monoisotopic (exact) mass is 348 g/mol. The number of amides is 1. The van der Waals surface area contributed by atoms with Crippen LogP contribution in [0.1, 0.15) is 58.2 Å². The summed E-state index contributed by atoms with van der Waals surface area (Å²) in [4.78, 5) is 18.4. The third kappa shape index (κ3) is 2.37. The van der Waals surface area contributed by atoms with Gasteiger partial charge in [0, 0.05) is 40.9 Å². The third-order valence-corrected chi connectivity index (χ3v) is 6.14. The van der Waals surface area contributed by atoms with E-state index < -0.39 is 0 Å². The maximum Gasteiger partial charge on any atom is 0.274 e. The van der Waals surface area contributed by atoms with Crippen LogP contribution < -0.4 is 0 Å². The number of benzene rings is 1. The van der Waals surface area contributed by atoms with Crippen LogP contribution in [0.3, 0.4) is 0 Å². The third-order valence-electron chi connectivity index (χ3n) is 6.14. The van der Waals surface area contributed by atoms with E-state index in [1.807, 2.05) is 4.90 Å². The Morgan fingerprint density at radius 3 is 2.85 bits per heavy atom. The molecule has 1 aromatic carbocycles. The number of para-hydroxylation sites is 1. The summed E-state index contributed by atoms with van der Waals surface area (Å²) < 4.78 is 0. The van der Waals surface area contributed by atoms with Crippen LogP contribution in [0.2, 0.25) is 0 Å². The Bertz CT molecular complexity index is 975. The topological polar surface area (TPSA) is 64.8 Å². The molecule has 0 saturated carbocycles. The first-order valence-corrected chi connectivity index (χ1v) is 9.65. The fourth-order valence-corrected chi connectivity index (χ4v) is 4.84. The molecule has 2 aliphatic rings. The predicted molar refractivity (Wildman–Crippen MR) is 102 cm³/mol. The molecule has 1 aliphatic carbocycles. The molecule has 0 atom stereocenters. The molecule has 1 fully saturated rings. The van der Waals surface area contributed by atoms with E-state index in [1.165, 1.54) is 22.2 Å². The number of aromatic nitrogens is 3. The molecule has 5 nitrogen and oxygen atoms in total. The average molecular weight is 348 g/mol. The van der Waals surface area contributed by atoms with E-state index in [-0.39, 0.29) is 5.91 Å². The molecule has 1 aliphatic heterocycles. The minimum atomic E-state index is 0.110. The number of piperidine rings is 1. The minimum absolute atomic E-state index is 0.110. The van der Waals surface area contributed by atoms with Crippen molar-refractivity contribution in [2.24, 2.45) is 0 Å². The van der Waals surface area contributed by atoms with Crippen LogP contribution in [0, 0.1) is 6.92 Å². The molecule has 134 valence electrons. The van der Waals surface area contributed by atoms with Crippen LogP contribution in [0.25, 0.3) is 10.9 Å². The number of H-pyrrole nitrogens is 2. The molecule has 0 spiro atoms. The van der Waals surface area contributed by atoms with Gasteiger partial charge in [0.15, 0.2) is 5.69 Å². The molecule has 5 rings (SSSR count). The zero-order chi connectivity index (χ0) is 17.7. The number of aryl methyl sites for hydroxylation is 2. The number of fused-ring (bicyclic) bond motifs is 2. The first-order chi connectivity index (χ1) is 12.7. The summed E-state index contributed by atoms with van der Waals surface area (Å²) in [5.41, 5.74) is 6.90. The van der Waals surface area contributed by atoms with E-state index in [0.29, 0.717) is 11.6 Å². The highest BCUT2D eigenvalue weighted by molar-refractivity contribution is 5.94. The fraction of sp³-hybridized carbons (Fsp3) is 0.429. The van der Waals surface area contributed by atoms with Crippen molar-refractivity contribution >= 4 is 16.8 Å². The van der Waals surface area contributed by atoms with Crippen LogP contribution in [-0.4, -0.2) is 39.1 Å². The molecule has 1 amide bonds. The van der Waals surface area contributed by atoms with Crippen molar-refractivity contribution in [3.8, 4) is 0 Å². The van der Waals surface area contributed by atoms with Gasteiger partial charge in [0.1, 0.15) is 0 Å².